The molecule has 5 heterocycles. The van der Waals surface area contributed by atoms with Gasteiger partial charge in [0, 0.05) is 11.4 Å². The molecule has 0 bridgehead atoms. The number of amidine groups is 2. The minimum absolute atomic E-state index is 0.277. The first-order valence-electron chi connectivity index (χ1n) is 19.0. The van der Waals surface area contributed by atoms with Crippen molar-refractivity contribution in [3.05, 3.63) is 170 Å². The summed E-state index contributed by atoms with van der Waals surface area (Å²) in [6.07, 6.45) is -19.5. The van der Waals surface area contributed by atoms with Crippen LogP contribution in [0, 0.1) is 22.7 Å². The maximum atomic E-state index is 14.2. The summed E-state index contributed by atoms with van der Waals surface area (Å²) in [4.78, 5) is 37.9. The van der Waals surface area contributed by atoms with Gasteiger partial charge in [-0.2, -0.15) is 72.6 Å². The number of rotatable bonds is 6. The fraction of sp³-hybridized carbons (Fsp3) is 0.0952. The topological polar surface area (TPSA) is 167 Å². The Hall–Kier alpha value is -8.94. The van der Waals surface area contributed by atoms with E-state index in [1.54, 1.807) is 12.1 Å². The van der Waals surface area contributed by atoms with Crippen molar-refractivity contribution in [3.63, 3.8) is 0 Å². The minimum Gasteiger partial charge on any atom is -0.288 e. The third kappa shape index (κ3) is 7.86. The normalized spacial score (nSPS) is 14.5. The number of pyridine rings is 1. The highest BCUT2D eigenvalue weighted by molar-refractivity contribution is 6.55. The smallest absolute Gasteiger partial charge is 0.288 e. The van der Waals surface area contributed by atoms with E-state index < -0.39 is 104 Å². The molecule has 68 heavy (non-hydrogen) atoms. The zero-order valence-electron chi connectivity index (χ0n) is 33.2. The monoisotopic (exact) mass is 949 g/mol. The summed E-state index contributed by atoms with van der Waals surface area (Å²) in [6, 6.07) is 18.8. The molecule has 9 rings (SSSR count). The molecule has 0 saturated heterocycles. The molecule has 0 fully saturated rings. The highest BCUT2D eigenvalue weighted by Crippen LogP contribution is 2.46. The van der Waals surface area contributed by atoms with Crippen molar-refractivity contribution in [3.8, 4) is 12.1 Å². The summed E-state index contributed by atoms with van der Waals surface area (Å²) in [5.41, 5.74) is -4.45. The lowest BCUT2D eigenvalue weighted by atomic mass is 10.1. The van der Waals surface area contributed by atoms with Crippen LogP contribution in [0.3, 0.4) is 0 Å². The summed E-state index contributed by atoms with van der Waals surface area (Å²) in [5.74, 6) is -2.41. The third-order valence-electron chi connectivity index (χ3n) is 10.1. The van der Waals surface area contributed by atoms with Crippen molar-refractivity contribution in [2.24, 2.45) is 20.0 Å². The van der Waals surface area contributed by atoms with Crippen LogP contribution in [0.25, 0.3) is 0 Å². The molecule has 0 aliphatic carbocycles. The molecular weight excluding hydrogens is 931 g/mol. The number of aromatic nitrogens is 3. The first-order valence-corrected chi connectivity index (χ1v) is 19.0. The Morgan fingerprint density at radius 2 is 0.912 bits per heavy atom. The molecule has 6 aromatic rings. The van der Waals surface area contributed by atoms with Crippen LogP contribution in [0.15, 0.2) is 140 Å². The first-order chi connectivity index (χ1) is 32.0. The fourth-order valence-electron chi connectivity index (χ4n) is 7.08. The maximum Gasteiger partial charge on any atom is 0.416 e. The van der Waals surface area contributed by atoms with Gasteiger partial charge in [0.2, 0.25) is 22.6 Å². The number of aliphatic imine (C=N–C) groups is 2. The van der Waals surface area contributed by atoms with Crippen LogP contribution in [-0.2, 0) is 24.7 Å². The van der Waals surface area contributed by atoms with Crippen LogP contribution in [-0.4, -0.2) is 26.0 Å². The highest BCUT2D eigenvalue weighted by Gasteiger charge is 2.43. The second-order valence-electron chi connectivity index (χ2n) is 14.4. The second-order valence-corrected chi connectivity index (χ2v) is 14.4. The van der Waals surface area contributed by atoms with Gasteiger partial charge < -0.3 is 0 Å². The molecule has 14 nitrogen and oxygen atoms in total. The van der Waals surface area contributed by atoms with Gasteiger partial charge >= 0.3 is 30.4 Å². The molecule has 2 aromatic heterocycles. The number of hydrogen-bond acceptors (Lipinski definition) is 12. The van der Waals surface area contributed by atoms with Gasteiger partial charge in [-0.15, -0.1) is 0 Å². The van der Waals surface area contributed by atoms with Gasteiger partial charge in [0.25, 0.3) is 0 Å². The molecule has 2 N–H and O–H groups in total. The number of anilines is 6. The molecular formula is C42H19F12N13O. The van der Waals surface area contributed by atoms with Crippen molar-refractivity contribution in [2.45, 2.75) is 24.7 Å². The van der Waals surface area contributed by atoms with Crippen molar-refractivity contribution in [1.82, 2.24) is 14.3 Å². The molecule has 3 aliphatic heterocycles. The van der Waals surface area contributed by atoms with Gasteiger partial charge in [-0.1, -0.05) is 24.3 Å². The predicted octanol–water partition coefficient (Wildman–Crippen LogP) is 8.79. The molecule has 3 aliphatic rings. The largest absolute Gasteiger partial charge is 0.416 e. The zero-order chi connectivity index (χ0) is 48.7. The molecule has 0 unspecified atom stereocenters. The number of alkyl halides is 12. The average Bonchev–Trinajstić information content (AvgIpc) is 3.98. The molecule has 342 valence electrons. The Morgan fingerprint density at radius 3 is 1.35 bits per heavy atom. The summed E-state index contributed by atoms with van der Waals surface area (Å²) in [5, 5.41) is 19.9. The Balaban J connectivity index is 1.30. The van der Waals surface area contributed by atoms with Gasteiger partial charge in [-0.25, -0.2) is 29.7 Å². The number of benzene rings is 4. The summed E-state index contributed by atoms with van der Waals surface area (Å²) in [6.45, 7) is 0. The predicted molar refractivity (Wildman–Crippen MR) is 215 cm³/mol. The summed E-state index contributed by atoms with van der Waals surface area (Å²) < 4.78 is 168. The zero-order valence-corrected chi connectivity index (χ0v) is 33.2. The molecule has 0 spiro atoms. The van der Waals surface area contributed by atoms with Crippen LogP contribution in [0.1, 0.15) is 33.5 Å². The number of fused-ring (bicyclic) bond motifs is 3. The number of imidazole rings is 1. The molecule has 0 atom stereocenters. The molecule has 0 saturated carbocycles. The number of halogens is 12. The molecule has 0 amide bonds. The fourth-order valence-corrected chi connectivity index (χ4v) is 7.08. The Labute approximate surface area is 370 Å². The third-order valence-corrected chi connectivity index (χ3v) is 10.1. The second kappa shape index (κ2) is 15.6. The van der Waals surface area contributed by atoms with Crippen molar-refractivity contribution < 1.29 is 52.7 Å². The molecule has 0 radical (unpaired) electrons. The first kappa shape index (κ1) is 44.3. The quantitative estimate of drug-likeness (QED) is 0.156. The van der Waals surface area contributed by atoms with E-state index in [0.29, 0.717) is 33.6 Å². The van der Waals surface area contributed by atoms with E-state index >= 15 is 0 Å². The van der Waals surface area contributed by atoms with Gasteiger partial charge in [-0.05, 0) is 78.9 Å². The van der Waals surface area contributed by atoms with E-state index in [2.05, 4.69) is 35.8 Å². The average molecular weight is 950 g/mol. The van der Waals surface area contributed by atoms with E-state index in [1.807, 2.05) is 0 Å². The number of nitrogens with zero attached hydrogens (tertiary/aromatic N) is 11. The van der Waals surface area contributed by atoms with E-state index in [9.17, 15) is 68.0 Å². The SMILES string of the molecule is N#Cc1cc2c(nc1C#N)N(c1cccc(C(F)(F)F)c1)C1=NC(=C3N=c4c(n(Nc5cccc(C(F)(F)F)c5)c(=O)n4Nc4cccc(C(F)(F)F)c4)=N3)N=C1N2c1cccc(C(F)(F)F)c1. The summed E-state index contributed by atoms with van der Waals surface area (Å²) >= 11 is 0. The number of nitrogens with one attached hydrogen (secondary N) is 2. The molecule has 26 heteroatoms. The van der Waals surface area contributed by atoms with Crippen molar-refractivity contribution in [1.29, 1.82) is 10.5 Å². The van der Waals surface area contributed by atoms with Crippen LogP contribution in [0.4, 0.5) is 86.9 Å². The lowest BCUT2D eigenvalue weighted by Gasteiger charge is -2.38. The lowest BCUT2D eigenvalue weighted by molar-refractivity contribution is -0.138. The number of nitriles is 2. The van der Waals surface area contributed by atoms with Crippen LogP contribution in [0.5, 0.6) is 0 Å². The van der Waals surface area contributed by atoms with Crippen molar-refractivity contribution >= 4 is 45.9 Å². The lowest BCUT2D eigenvalue weighted by Crippen LogP contribution is -2.46. The van der Waals surface area contributed by atoms with E-state index in [-0.39, 0.29) is 28.4 Å². The van der Waals surface area contributed by atoms with Gasteiger partial charge in [0.1, 0.15) is 12.1 Å². The van der Waals surface area contributed by atoms with E-state index in [0.717, 1.165) is 76.5 Å². The van der Waals surface area contributed by atoms with Crippen LogP contribution < -0.4 is 37.3 Å². The summed E-state index contributed by atoms with van der Waals surface area (Å²) in [7, 11) is 0. The van der Waals surface area contributed by atoms with Gasteiger partial charge in [-0.3, -0.25) is 20.7 Å². The Bertz CT molecular complexity index is 3270. The Kier molecular flexibility index (Phi) is 10.2. The Morgan fingerprint density at radius 1 is 0.500 bits per heavy atom. The van der Waals surface area contributed by atoms with Crippen LogP contribution >= 0.6 is 0 Å². The van der Waals surface area contributed by atoms with Gasteiger partial charge in [0.05, 0.1) is 44.9 Å². The standard InChI is InChI=1S/C42H19F12N13O/c43-39(44,45)21-5-1-9-25(14-21)62-66-36-37(67(38(66)68)63-26-10-2-6-22(15-26)40(46,47)48)61-32(60-36)31-58-34-35(59-31)65(28-12-4-8-24(17-28)42(52,53)54)33-30(13-20(18-55)29(19-56)57-33)64(34)27-11-3-7-23(16-27)41(49,50)51/h1-17,62-63H. The van der Waals surface area contributed by atoms with Crippen molar-refractivity contribution in [2.75, 3.05) is 20.7 Å². The van der Waals surface area contributed by atoms with E-state index in [1.165, 1.54) is 12.1 Å². The van der Waals surface area contributed by atoms with Crippen LogP contribution in [0.2, 0.25) is 0 Å². The maximum absolute atomic E-state index is 14.2. The number of hydrogen-bond donors (Lipinski definition) is 2. The highest BCUT2D eigenvalue weighted by atomic mass is 19.4. The van der Waals surface area contributed by atoms with E-state index in [4.69, 9.17) is 0 Å². The molecule has 4 aromatic carbocycles. The minimum atomic E-state index is -4.93. The van der Waals surface area contributed by atoms with Gasteiger partial charge in [0.15, 0.2) is 23.2 Å².